The molecule has 7 nitrogen and oxygen atoms in total. The zero-order chi connectivity index (χ0) is 28.9. The van der Waals surface area contributed by atoms with Crippen LogP contribution in [-0.4, -0.2) is 26.6 Å². The Hall–Kier alpha value is -3.05. The number of aryl methyl sites for hydroxylation is 1. The molecular weight excluding hydrogens is 658 g/mol. The largest absolute Gasteiger partial charge is 0.487 e. The van der Waals surface area contributed by atoms with Crippen LogP contribution in [0.2, 0.25) is 0 Å². The average molecular weight is 687 g/mol. The third-order valence-corrected chi connectivity index (χ3v) is 8.86. The second kappa shape index (κ2) is 13.1. The van der Waals surface area contributed by atoms with Crippen LogP contribution in [0.25, 0.3) is 10.8 Å². The first-order valence-corrected chi connectivity index (χ1v) is 15.6. The van der Waals surface area contributed by atoms with Gasteiger partial charge in [0.2, 0.25) is 10.0 Å². The number of carbonyl (C=O) groups is 1. The van der Waals surface area contributed by atoms with E-state index in [-0.39, 0.29) is 10.8 Å². The first-order valence-electron chi connectivity index (χ1n) is 12.6. The fourth-order valence-electron chi connectivity index (χ4n) is 4.05. The van der Waals surface area contributed by atoms with Gasteiger partial charge in [-0.2, -0.15) is 9.82 Å². The summed E-state index contributed by atoms with van der Waals surface area (Å²) in [5.74, 6) is -0.230. The molecule has 0 aliphatic heterocycles. The molecule has 208 valence electrons. The zero-order valence-corrected chi connectivity index (χ0v) is 26.2. The number of nitrogens with zero attached hydrogens (tertiary/aromatic N) is 1. The summed E-state index contributed by atoms with van der Waals surface area (Å²) >= 11 is 7.13. The van der Waals surface area contributed by atoms with Gasteiger partial charge in [0.05, 0.1) is 20.1 Å². The number of halogens is 2. The Morgan fingerprint density at radius 3 is 2.30 bits per heavy atom. The maximum absolute atomic E-state index is 12.8. The molecule has 4 aromatic carbocycles. The first-order chi connectivity index (χ1) is 19.0. The van der Waals surface area contributed by atoms with Crippen molar-refractivity contribution in [2.75, 3.05) is 0 Å². The van der Waals surface area contributed by atoms with E-state index in [1.165, 1.54) is 18.3 Å². The number of rotatable bonds is 10. The molecule has 4 aromatic rings. The van der Waals surface area contributed by atoms with Gasteiger partial charge in [0.25, 0.3) is 5.91 Å². The Kier molecular flexibility index (Phi) is 9.78. The Morgan fingerprint density at radius 2 is 1.62 bits per heavy atom. The van der Waals surface area contributed by atoms with Crippen molar-refractivity contribution in [3.05, 3.63) is 104 Å². The molecule has 0 saturated heterocycles. The van der Waals surface area contributed by atoms with E-state index in [9.17, 15) is 13.2 Å². The summed E-state index contributed by atoms with van der Waals surface area (Å²) in [7, 11) is -3.89. The number of sulfonamides is 1. The zero-order valence-electron chi connectivity index (χ0n) is 22.2. The molecule has 10 heteroatoms. The molecule has 0 fully saturated rings. The molecule has 0 bridgehead atoms. The summed E-state index contributed by atoms with van der Waals surface area (Å²) in [5.41, 5.74) is 5.16. The van der Waals surface area contributed by atoms with Gasteiger partial charge in [-0.1, -0.05) is 74.0 Å². The van der Waals surface area contributed by atoms with Gasteiger partial charge in [0.15, 0.2) is 0 Å². The van der Waals surface area contributed by atoms with Crippen LogP contribution in [0.4, 0.5) is 0 Å². The summed E-state index contributed by atoms with van der Waals surface area (Å²) in [5, 5.41) is 6.34. The van der Waals surface area contributed by atoms with Gasteiger partial charge in [-0.05, 0) is 90.9 Å². The molecular formula is C30H29Br2N3O4S. The molecule has 4 rings (SSSR count). The van der Waals surface area contributed by atoms with Crippen molar-refractivity contribution in [1.82, 2.24) is 10.1 Å². The van der Waals surface area contributed by atoms with Crippen molar-refractivity contribution in [2.24, 2.45) is 11.0 Å². The summed E-state index contributed by atoms with van der Waals surface area (Å²) in [4.78, 5) is 12.9. The van der Waals surface area contributed by atoms with E-state index in [0.717, 1.165) is 21.9 Å². The standard InChI is InChI=1S/C30H29Br2N3O4S/c1-19(2)28(35-40(37,38)24-13-11-20(3)12-14-24)30(36)34-33-17-21-15-26(31)29(27(32)16-21)39-18-23-9-6-8-22-7-4-5-10-25(22)23/h4-17,19,28,35H,18H2,1-3H3,(H,34,36)/b33-17-/t28-/m0/s1. The number of carbonyl (C=O) groups excluding carboxylic acids is 1. The van der Waals surface area contributed by atoms with E-state index in [2.05, 4.69) is 65.3 Å². The number of nitrogens with one attached hydrogen (secondary N) is 2. The van der Waals surface area contributed by atoms with Crippen LogP contribution in [0.5, 0.6) is 5.75 Å². The molecule has 0 radical (unpaired) electrons. The monoisotopic (exact) mass is 685 g/mol. The van der Waals surface area contributed by atoms with Gasteiger partial charge in [0, 0.05) is 0 Å². The van der Waals surface area contributed by atoms with Crippen molar-refractivity contribution < 1.29 is 17.9 Å². The maximum atomic E-state index is 12.8. The summed E-state index contributed by atoms with van der Waals surface area (Å²) < 4.78 is 35.7. The second-order valence-corrected chi connectivity index (χ2v) is 13.1. The van der Waals surface area contributed by atoms with Crippen molar-refractivity contribution in [2.45, 2.75) is 38.3 Å². The molecule has 0 unspecified atom stereocenters. The highest BCUT2D eigenvalue weighted by Crippen LogP contribution is 2.35. The minimum Gasteiger partial charge on any atom is -0.487 e. The Balaban J connectivity index is 1.41. The number of ether oxygens (including phenoxy) is 1. The Labute approximate surface area is 251 Å². The van der Waals surface area contributed by atoms with Crippen LogP contribution < -0.4 is 14.9 Å². The average Bonchev–Trinajstić information content (AvgIpc) is 2.91. The van der Waals surface area contributed by atoms with E-state index >= 15 is 0 Å². The number of hydrogen-bond donors (Lipinski definition) is 2. The molecule has 0 spiro atoms. The SMILES string of the molecule is Cc1ccc(S(=O)(=O)N[C@H](C(=O)N/N=C\c2cc(Br)c(OCc3cccc4ccccc34)c(Br)c2)C(C)C)cc1. The van der Waals surface area contributed by atoms with Gasteiger partial charge in [-0.25, -0.2) is 13.8 Å². The summed E-state index contributed by atoms with van der Waals surface area (Å²) in [6.07, 6.45) is 1.48. The van der Waals surface area contributed by atoms with E-state index < -0.39 is 22.0 Å². The highest BCUT2D eigenvalue weighted by molar-refractivity contribution is 9.11. The van der Waals surface area contributed by atoms with Crippen LogP contribution in [0.1, 0.15) is 30.5 Å². The second-order valence-electron chi connectivity index (χ2n) is 9.63. The van der Waals surface area contributed by atoms with Gasteiger partial charge in [0.1, 0.15) is 18.4 Å². The van der Waals surface area contributed by atoms with Crippen molar-refractivity contribution >= 4 is 64.8 Å². The van der Waals surface area contributed by atoms with E-state index in [0.29, 0.717) is 26.9 Å². The van der Waals surface area contributed by atoms with E-state index in [1.807, 2.05) is 43.3 Å². The molecule has 0 aromatic heterocycles. The van der Waals surface area contributed by atoms with Crippen LogP contribution in [0.3, 0.4) is 0 Å². The molecule has 0 heterocycles. The number of hydrazone groups is 1. The first kappa shape index (κ1) is 29.9. The minimum atomic E-state index is -3.89. The lowest BCUT2D eigenvalue weighted by Crippen LogP contribution is -2.48. The number of fused-ring (bicyclic) bond motifs is 1. The smallest absolute Gasteiger partial charge is 0.258 e. The van der Waals surface area contributed by atoms with Crippen molar-refractivity contribution in [1.29, 1.82) is 0 Å². The molecule has 1 amide bonds. The fourth-order valence-corrected chi connectivity index (χ4v) is 6.84. The number of benzene rings is 4. The minimum absolute atomic E-state index is 0.0949. The molecule has 0 aliphatic rings. The lowest BCUT2D eigenvalue weighted by atomic mass is 10.1. The van der Waals surface area contributed by atoms with Crippen LogP contribution >= 0.6 is 31.9 Å². The van der Waals surface area contributed by atoms with E-state index in [1.54, 1.807) is 26.0 Å². The number of amides is 1. The van der Waals surface area contributed by atoms with Crippen LogP contribution in [0.15, 0.2) is 97.8 Å². The van der Waals surface area contributed by atoms with Crippen molar-refractivity contribution in [3.8, 4) is 5.75 Å². The Bertz CT molecular complexity index is 1630. The molecule has 40 heavy (non-hydrogen) atoms. The van der Waals surface area contributed by atoms with Crippen LogP contribution in [0, 0.1) is 12.8 Å². The lowest BCUT2D eigenvalue weighted by molar-refractivity contribution is -0.123. The van der Waals surface area contributed by atoms with E-state index in [4.69, 9.17) is 4.74 Å². The van der Waals surface area contributed by atoms with Gasteiger partial charge < -0.3 is 4.74 Å². The normalized spacial score (nSPS) is 12.7. The number of hydrogen-bond acceptors (Lipinski definition) is 5. The van der Waals surface area contributed by atoms with Crippen LogP contribution in [-0.2, 0) is 21.4 Å². The highest BCUT2D eigenvalue weighted by atomic mass is 79.9. The highest BCUT2D eigenvalue weighted by Gasteiger charge is 2.28. The predicted octanol–water partition coefficient (Wildman–Crippen LogP) is 6.71. The fraction of sp³-hybridized carbons (Fsp3) is 0.200. The molecule has 0 aliphatic carbocycles. The Morgan fingerprint density at radius 1 is 0.975 bits per heavy atom. The topological polar surface area (TPSA) is 96.9 Å². The maximum Gasteiger partial charge on any atom is 0.258 e. The summed E-state index contributed by atoms with van der Waals surface area (Å²) in [6, 6.07) is 23.3. The quantitative estimate of drug-likeness (QED) is 0.143. The van der Waals surface area contributed by atoms with Gasteiger partial charge >= 0.3 is 0 Å². The predicted molar refractivity (Wildman–Crippen MR) is 166 cm³/mol. The third-order valence-electron chi connectivity index (χ3n) is 6.22. The van der Waals surface area contributed by atoms with Crippen molar-refractivity contribution in [3.63, 3.8) is 0 Å². The molecule has 2 N–H and O–H groups in total. The molecule has 0 saturated carbocycles. The summed E-state index contributed by atoms with van der Waals surface area (Å²) in [6.45, 7) is 5.78. The third kappa shape index (κ3) is 7.37. The lowest BCUT2D eigenvalue weighted by Gasteiger charge is -2.20. The van der Waals surface area contributed by atoms with Gasteiger partial charge in [-0.3, -0.25) is 4.79 Å². The van der Waals surface area contributed by atoms with Gasteiger partial charge in [-0.15, -0.1) is 0 Å². The molecule has 1 atom stereocenters.